The van der Waals surface area contributed by atoms with Crippen molar-refractivity contribution in [3.8, 4) is 0 Å². The lowest BCUT2D eigenvalue weighted by molar-refractivity contribution is 0.109. The van der Waals surface area contributed by atoms with E-state index in [2.05, 4.69) is 47.7 Å². The summed E-state index contributed by atoms with van der Waals surface area (Å²) in [6.45, 7) is 19.2. The van der Waals surface area contributed by atoms with Crippen LogP contribution in [0.2, 0.25) is 0 Å². The van der Waals surface area contributed by atoms with Crippen LogP contribution in [-0.2, 0) is 0 Å². The maximum absolute atomic E-state index is 4.95. The molecule has 0 bridgehead atoms. The van der Waals surface area contributed by atoms with Gasteiger partial charge in [0.05, 0.1) is 6.54 Å². The van der Waals surface area contributed by atoms with Crippen molar-refractivity contribution < 1.29 is 0 Å². The Hall–Kier alpha value is -0.0800. The lowest BCUT2D eigenvalue weighted by Crippen LogP contribution is -2.50. The second-order valence-electron chi connectivity index (χ2n) is 7.18. The van der Waals surface area contributed by atoms with Gasteiger partial charge in [-0.05, 0) is 39.2 Å². The van der Waals surface area contributed by atoms with Crippen molar-refractivity contribution in [2.75, 3.05) is 58.9 Å². The number of piperazine rings is 1. The fourth-order valence-electron chi connectivity index (χ4n) is 3.50. The molecule has 2 rings (SSSR count). The van der Waals surface area contributed by atoms with Gasteiger partial charge in [0.25, 0.3) is 0 Å². The quantitative estimate of drug-likeness (QED) is 0.395. The molecule has 142 valence electrons. The zero-order valence-electron chi connectivity index (χ0n) is 16.1. The number of nitrogens with zero attached hydrogens (tertiary/aromatic N) is 4. The standard InChI is InChI=1S/C18H37N5.HI/c1-5-19-18(23-9-7-16(3)8-10-23)20-15-17(4)22-13-11-21(6-2)12-14-22;/h16-17H,5-15H2,1-4H3,(H,19,20);1H. The van der Waals surface area contributed by atoms with Crippen molar-refractivity contribution in [1.29, 1.82) is 0 Å². The summed E-state index contributed by atoms with van der Waals surface area (Å²) in [5.74, 6) is 1.99. The Morgan fingerprint density at radius 3 is 2.25 bits per heavy atom. The van der Waals surface area contributed by atoms with Gasteiger partial charge in [-0.3, -0.25) is 9.89 Å². The number of likely N-dealkylation sites (tertiary alicyclic amines) is 1. The van der Waals surface area contributed by atoms with Crippen LogP contribution in [0, 0.1) is 5.92 Å². The van der Waals surface area contributed by atoms with Gasteiger partial charge in [0, 0.05) is 51.9 Å². The number of aliphatic imine (C=N–C) groups is 1. The van der Waals surface area contributed by atoms with E-state index in [1.807, 2.05) is 0 Å². The Labute approximate surface area is 166 Å². The number of nitrogens with one attached hydrogen (secondary N) is 1. The topological polar surface area (TPSA) is 34.1 Å². The van der Waals surface area contributed by atoms with E-state index in [0.29, 0.717) is 6.04 Å². The van der Waals surface area contributed by atoms with Gasteiger partial charge < -0.3 is 15.1 Å². The van der Waals surface area contributed by atoms with Gasteiger partial charge in [-0.1, -0.05) is 13.8 Å². The summed E-state index contributed by atoms with van der Waals surface area (Å²) in [6.07, 6.45) is 2.58. The summed E-state index contributed by atoms with van der Waals surface area (Å²) in [6, 6.07) is 0.534. The number of likely N-dealkylation sites (N-methyl/N-ethyl adjacent to an activating group) is 1. The summed E-state index contributed by atoms with van der Waals surface area (Å²) in [5.41, 5.74) is 0. The minimum absolute atomic E-state index is 0. The first-order valence-corrected chi connectivity index (χ1v) is 9.63. The maximum Gasteiger partial charge on any atom is 0.193 e. The number of halogens is 1. The van der Waals surface area contributed by atoms with Crippen LogP contribution in [0.5, 0.6) is 0 Å². The van der Waals surface area contributed by atoms with Crippen LogP contribution in [0.1, 0.15) is 40.5 Å². The summed E-state index contributed by atoms with van der Waals surface area (Å²) >= 11 is 0. The zero-order chi connectivity index (χ0) is 16.7. The summed E-state index contributed by atoms with van der Waals surface area (Å²) in [4.78, 5) is 12.5. The van der Waals surface area contributed by atoms with Gasteiger partial charge in [-0.15, -0.1) is 24.0 Å². The molecule has 0 saturated carbocycles. The average Bonchev–Trinajstić information content (AvgIpc) is 2.59. The van der Waals surface area contributed by atoms with Crippen LogP contribution in [0.15, 0.2) is 4.99 Å². The second kappa shape index (κ2) is 11.5. The van der Waals surface area contributed by atoms with Crippen LogP contribution in [0.4, 0.5) is 0 Å². The first-order chi connectivity index (χ1) is 11.1. The molecule has 1 unspecified atom stereocenters. The Kier molecular flexibility index (Phi) is 10.5. The Balaban J connectivity index is 0.00000288. The van der Waals surface area contributed by atoms with Crippen LogP contribution in [0.25, 0.3) is 0 Å². The van der Waals surface area contributed by atoms with Crippen molar-refractivity contribution in [1.82, 2.24) is 20.0 Å². The lowest BCUT2D eigenvalue weighted by atomic mass is 10.00. The molecule has 2 heterocycles. The van der Waals surface area contributed by atoms with Crippen molar-refractivity contribution in [2.24, 2.45) is 10.9 Å². The van der Waals surface area contributed by atoms with E-state index >= 15 is 0 Å². The van der Waals surface area contributed by atoms with Crippen LogP contribution in [-0.4, -0.2) is 85.6 Å². The molecule has 0 amide bonds. The predicted molar refractivity (Wildman–Crippen MR) is 115 cm³/mol. The van der Waals surface area contributed by atoms with Gasteiger partial charge in [-0.2, -0.15) is 0 Å². The zero-order valence-corrected chi connectivity index (χ0v) is 18.5. The highest BCUT2D eigenvalue weighted by molar-refractivity contribution is 14.0. The molecule has 0 spiro atoms. The SMILES string of the molecule is CCNC(=NCC(C)N1CCN(CC)CC1)N1CCC(C)CC1.I. The van der Waals surface area contributed by atoms with E-state index in [4.69, 9.17) is 4.99 Å². The van der Waals surface area contributed by atoms with Gasteiger partial charge >= 0.3 is 0 Å². The number of rotatable bonds is 5. The third-order valence-corrected chi connectivity index (χ3v) is 5.40. The van der Waals surface area contributed by atoms with Crippen LogP contribution < -0.4 is 5.32 Å². The van der Waals surface area contributed by atoms with Gasteiger partial charge in [0.1, 0.15) is 0 Å². The fourth-order valence-corrected chi connectivity index (χ4v) is 3.50. The van der Waals surface area contributed by atoms with Crippen LogP contribution >= 0.6 is 24.0 Å². The minimum Gasteiger partial charge on any atom is -0.357 e. The first kappa shape index (κ1) is 22.0. The Morgan fingerprint density at radius 2 is 1.71 bits per heavy atom. The highest BCUT2D eigenvalue weighted by atomic mass is 127. The molecule has 24 heavy (non-hydrogen) atoms. The normalized spacial score (nSPS) is 23.0. The first-order valence-electron chi connectivity index (χ1n) is 9.63. The molecular formula is C18H38IN5. The third-order valence-electron chi connectivity index (χ3n) is 5.40. The molecular weight excluding hydrogens is 413 g/mol. The van der Waals surface area contributed by atoms with Crippen molar-refractivity contribution in [3.05, 3.63) is 0 Å². The molecule has 0 aromatic rings. The Bertz CT molecular complexity index is 360. The highest BCUT2D eigenvalue weighted by Gasteiger charge is 2.21. The number of hydrogen-bond acceptors (Lipinski definition) is 3. The Morgan fingerprint density at radius 1 is 1.08 bits per heavy atom. The van der Waals surface area contributed by atoms with E-state index < -0.39 is 0 Å². The smallest absolute Gasteiger partial charge is 0.193 e. The molecule has 1 N–H and O–H groups in total. The van der Waals surface area contributed by atoms with E-state index in [1.165, 1.54) is 45.6 Å². The molecule has 0 aliphatic carbocycles. The molecule has 2 aliphatic heterocycles. The molecule has 0 aromatic heterocycles. The van der Waals surface area contributed by atoms with Crippen molar-refractivity contribution >= 4 is 29.9 Å². The van der Waals surface area contributed by atoms with E-state index in [-0.39, 0.29) is 24.0 Å². The molecule has 1 atom stereocenters. The highest BCUT2D eigenvalue weighted by Crippen LogP contribution is 2.16. The molecule has 2 aliphatic rings. The number of piperidine rings is 1. The third kappa shape index (κ3) is 6.67. The molecule has 2 saturated heterocycles. The number of hydrogen-bond donors (Lipinski definition) is 1. The molecule has 5 nitrogen and oxygen atoms in total. The van der Waals surface area contributed by atoms with E-state index in [1.54, 1.807) is 0 Å². The lowest BCUT2D eigenvalue weighted by Gasteiger charge is -2.37. The molecule has 0 aromatic carbocycles. The van der Waals surface area contributed by atoms with Crippen LogP contribution in [0.3, 0.4) is 0 Å². The average molecular weight is 451 g/mol. The van der Waals surface area contributed by atoms with Gasteiger partial charge in [-0.25, -0.2) is 0 Å². The van der Waals surface area contributed by atoms with Gasteiger partial charge in [0.2, 0.25) is 0 Å². The predicted octanol–water partition coefficient (Wildman–Crippen LogP) is 2.33. The largest absolute Gasteiger partial charge is 0.357 e. The van der Waals surface area contributed by atoms with Crippen molar-refractivity contribution in [2.45, 2.75) is 46.6 Å². The van der Waals surface area contributed by atoms with Crippen molar-refractivity contribution in [3.63, 3.8) is 0 Å². The fraction of sp³-hybridized carbons (Fsp3) is 0.944. The van der Waals surface area contributed by atoms with Gasteiger partial charge in [0.15, 0.2) is 5.96 Å². The molecule has 0 radical (unpaired) electrons. The molecule has 6 heteroatoms. The number of guanidine groups is 1. The minimum atomic E-state index is 0. The monoisotopic (exact) mass is 451 g/mol. The second-order valence-corrected chi connectivity index (χ2v) is 7.18. The molecule has 2 fully saturated rings. The summed E-state index contributed by atoms with van der Waals surface area (Å²) < 4.78 is 0. The summed E-state index contributed by atoms with van der Waals surface area (Å²) in [7, 11) is 0. The summed E-state index contributed by atoms with van der Waals surface area (Å²) in [5, 5.41) is 3.49. The van der Waals surface area contributed by atoms with E-state index in [9.17, 15) is 0 Å². The van der Waals surface area contributed by atoms with E-state index in [0.717, 1.165) is 38.1 Å². The maximum atomic E-state index is 4.95.